The van der Waals surface area contributed by atoms with Crippen molar-refractivity contribution in [3.8, 4) is 11.5 Å². The number of pyridine rings is 1. The van der Waals surface area contributed by atoms with Gasteiger partial charge in [0.1, 0.15) is 5.76 Å². The van der Waals surface area contributed by atoms with E-state index in [1.165, 1.54) is 10.8 Å². The van der Waals surface area contributed by atoms with E-state index >= 15 is 0 Å². The number of hydrogen-bond donors (Lipinski definition) is 0. The molecule has 0 radical (unpaired) electrons. The molecule has 2 aromatic carbocycles. The first kappa shape index (κ1) is 19.9. The third-order valence-electron chi connectivity index (χ3n) is 5.96. The standard InChI is InChI=1S/C26H27N3O2/c1-19-25(28-26(31-19)24-12-4-9-21-8-2-3-11-23(21)24)17-29-14-6-10-22(16-29)30-18-20-7-5-13-27-15-20/h2-5,7-9,11-13,15,22H,6,10,14,16-18H2,1H3. The first-order chi connectivity index (χ1) is 15.3. The SMILES string of the molecule is Cc1oc(-c2cccc3ccccc23)nc1CN1CCCC(OCc2cccnc2)C1. The monoisotopic (exact) mass is 413 g/mol. The third kappa shape index (κ3) is 4.53. The van der Waals surface area contributed by atoms with Gasteiger partial charge in [0, 0.05) is 31.0 Å². The van der Waals surface area contributed by atoms with E-state index in [-0.39, 0.29) is 6.10 Å². The fourth-order valence-corrected chi connectivity index (χ4v) is 4.30. The maximum Gasteiger partial charge on any atom is 0.227 e. The van der Waals surface area contributed by atoms with Crippen molar-refractivity contribution in [1.82, 2.24) is 14.9 Å². The highest BCUT2D eigenvalue weighted by molar-refractivity contribution is 5.94. The molecule has 1 saturated heterocycles. The van der Waals surface area contributed by atoms with Crippen molar-refractivity contribution in [1.29, 1.82) is 0 Å². The normalized spacial score (nSPS) is 17.3. The van der Waals surface area contributed by atoms with Crippen molar-refractivity contribution in [2.24, 2.45) is 0 Å². The highest BCUT2D eigenvalue weighted by atomic mass is 16.5. The van der Waals surface area contributed by atoms with Gasteiger partial charge in [-0.15, -0.1) is 0 Å². The van der Waals surface area contributed by atoms with Crippen LogP contribution in [-0.2, 0) is 17.9 Å². The number of benzene rings is 2. The molecule has 2 aromatic heterocycles. The van der Waals surface area contributed by atoms with Gasteiger partial charge in [0.25, 0.3) is 0 Å². The molecular weight excluding hydrogens is 386 g/mol. The lowest BCUT2D eigenvalue weighted by molar-refractivity contribution is -0.0124. The molecule has 0 amide bonds. The average molecular weight is 414 g/mol. The van der Waals surface area contributed by atoms with Crippen LogP contribution in [-0.4, -0.2) is 34.1 Å². The number of rotatable bonds is 6. The summed E-state index contributed by atoms with van der Waals surface area (Å²) >= 11 is 0. The first-order valence-electron chi connectivity index (χ1n) is 10.9. The van der Waals surface area contributed by atoms with Crippen LogP contribution in [0.15, 0.2) is 71.4 Å². The summed E-state index contributed by atoms with van der Waals surface area (Å²) in [6.07, 6.45) is 6.12. The van der Waals surface area contributed by atoms with E-state index in [2.05, 4.69) is 58.4 Å². The number of aromatic nitrogens is 2. The van der Waals surface area contributed by atoms with E-state index in [4.69, 9.17) is 14.1 Å². The molecule has 1 aliphatic rings. The lowest BCUT2D eigenvalue weighted by Crippen LogP contribution is -2.39. The number of piperidine rings is 1. The number of fused-ring (bicyclic) bond motifs is 1. The maximum absolute atomic E-state index is 6.16. The average Bonchev–Trinajstić information content (AvgIpc) is 3.18. The van der Waals surface area contributed by atoms with E-state index in [1.54, 1.807) is 6.20 Å². The molecule has 0 saturated carbocycles. The van der Waals surface area contributed by atoms with Crippen LogP contribution in [0.1, 0.15) is 29.9 Å². The molecule has 0 aliphatic carbocycles. The molecule has 3 heterocycles. The van der Waals surface area contributed by atoms with Crippen LogP contribution in [0.3, 0.4) is 0 Å². The Bertz CT molecular complexity index is 1150. The summed E-state index contributed by atoms with van der Waals surface area (Å²) < 4.78 is 12.3. The molecule has 5 heteroatoms. The Morgan fingerprint density at radius 1 is 1.10 bits per heavy atom. The molecule has 5 rings (SSSR count). The number of ether oxygens (including phenoxy) is 1. The fourth-order valence-electron chi connectivity index (χ4n) is 4.30. The van der Waals surface area contributed by atoms with Crippen LogP contribution >= 0.6 is 0 Å². The van der Waals surface area contributed by atoms with Crippen molar-refractivity contribution in [2.75, 3.05) is 13.1 Å². The van der Waals surface area contributed by atoms with Gasteiger partial charge < -0.3 is 9.15 Å². The van der Waals surface area contributed by atoms with E-state index in [0.29, 0.717) is 12.5 Å². The van der Waals surface area contributed by atoms with E-state index in [0.717, 1.165) is 55.1 Å². The summed E-state index contributed by atoms with van der Waals surface area (Å²) in [4.78, 5) is 11.5. The van der Waals surface area contributed by atoms with Gasteiger partial charge in [0.2, 0.25) is 5.89 Å². The van der Waals surface area contributed by atoms with Crippen LogP contribution in [0.5, 0.6) is 0 Å². The highest BCUT2D eigenvalue weighted by Crippen LogP contribution is 2.30. The molecule has 0 bridgehead atoms. The van der Waals surface area contributed by atoms with Gasteiger partial charge in [-0.2, -0.15) is 0 Å². The zero-order valence-electron chi connectivity index (χ0n) is 17.8. The Labute approximate surface area is 182 Å². The predicted octanol–water partition coefficient (Wildman–Crippen LogP) is 5.38. The highest BCUT2D eigenvalue weighted by Gasteiger charge is 2.23. The van der Waals surface area contributed by atoms with Gasteiger partial charge in [-0.3, -0.25) is 9.88 Å². The van der Waals surface area contributed by atoms with Gasteiger partial charge in [-0.05, 0) is 54.8 Å². The molecule has 1 unspecified atom stereocenters. The Morgan fingerprint density at radius 3 is 2.90 bits per heavy atom. The predicted molar refractivity (Wildman–Crippen MR) is 122 cm³/mol. The summed E-state index contributed by atoms with van der Waals surface area (Å²) in [5.74, 6) is 1.59. The van der Waals surface area contributed by atoms with Gasteiger partial charge in [0.15, 0.2) is 0 Å². The summed E-state index contributed by atoms with van der Waals surface area (Å²) in [6, 6.07) is 18.6. The van der Waals surface area contributed by atoms with E-state index < -0.39 is 0 Å². The topological polar surface area (TPSA) is 51.4 Å². The smallest absolute Gasteiger partial charge is 0.227 e. The molecule has 0 spiro atoms. The number of nitrogens with zero attached hydrogens (tertiary/aromatic N) is 3. The largest absolute Gasteiger partial charge is 0.441 e. The van der Waals surface area contributed by atoms with Crippen molar-refractivity contribution >= 4 is 10.8 Å². The lowest BCUT2D eigenvalue weighted by atomic mass is 10.0. The minimum absolute atomic E-state index is 0.235. The summed E-state index contributed by atoms with van der Waals surface area (Å²) in [6.45, 7) is 5.38. The molecule has 1 atom stereocenters. The summed E-state index contributed by atoms with van der Waals surface area (Å²) in [7, 11) is 0. The second-order valence-electron chi connectivity index (χ2n) is 8.22. The Kier molecular flexibility index (Phi) is 5.78. The van der Waals surface area contributed by atoms with Gasteiger partial charge >= 0.3 is 0 Å². The van der Waals surface area contributed by atoms with Gasteiger partial charge in [-0.1, -0.05) is 42.5 Å². The number of likely N-dealkylation sites (tertiary alicyclic amines) is 1. The lowest BCUT2D eigenvalue weighted by Gasteiger charge is -2.32. The number of aryl methyl sites for hydroxylation is 1. The molecule has 1 fully saturated rings. The van der Waals surface area contributed by atoms with Crippen LogP contribution < -0.4 is 0 Å². The van der Waals surface area contributed by atoms with E-state index in [9.17, 15) is 0 Å². The van der Waals surface area contributed by atoms with Crippen LogP contribution in [0.4, 0.5) is 0 Å². The Morgan fingerprint density at radius 2 is 2.00 bits per heavy atom. The van der Waals surface area contributed by atoms with Crippen LogP contribution in [0.25, 0.3) is 22.2 Å². The van der Waals surface area contributed by atoms with Gasteiger partial charge in [-0.25, -0.2) is 4.98 Å². The maximum atomic E-state index is 6.16. The summed E-state index contributed by atoms with van der Waals surface area (Å²) in [5, 5.41) is 2.36. The third-order valence-corrected chi connectivity index (χ3v) is 5.96. The van der Waals surface area contributed by atoms with Crippen molar-refractivity contribution in [3.63, 3.8) is 0 Å². The Balaban J connectivity index is 1.27. The first-order valence-corrected chi connectivity index (χ1v) is 10.9. The minimum Gasteiger partial charge on any atom is -0.441 e. The van der Waals surface area contributed by atoms with Crippen molar-refractivity contribution in [2.45, 2.75) is 39.0 Å². The second-order valence-corrected chi connectivity index (χ2v) is 8.22. The van der Waals surface area contributed by atoms with E-state index in [1.807, 2.05) is 19.2 Å². The molecule has 4 aromatic rings. The molecule has 1 aliphatic heterocycles. The Hall–Kier alpha value is -3.02. The molecule has 5 nitrogen and oxygen atoms in total. The summed E-state index contributed by atoms with van der Waals surface area (Å²) in [5.41, 5.74) is 3.17. The van der Waals surface area contributed by atoms with Gasteiger partial charge in [0.05, 0.1) is 18.4 Å². The molecule has 31 heavy (non-hydrogen) atoms. The number of oxazole rings is 1. The van der Waals surface area contributed by atoms with Crippen molar-refractivity contribution < 1.29 is 9.15 Å². The quantitative estimate of drug-likeness (QED) is 0.425. The van der Waals surface area contributed by atoms with Crippen LogP contribution in [0, 0.1) is 6.92 Å². The molecular formula is C26H27N3O2. The molecule has 158 valence electrons. The molecule has 0 N–H and O–H groups in total. The fraction of sp³-hybridized carbons (Fsp3) is 0.308. The minimum atomic E-state index is 0.235. The second kappa shape index (κ2) is 9.00. The van der Waals surface area contributed by atoms with Crippen LogP contribution in [0.2, 0.25) is 0 Å². The zero-order valence-corrected chi connectivity index (χ0v) is 17.8. The van der Waals surface area contributed by atoms with Crippen molar-refractivity contribution in [3.05, 3.63) is 84.0 Å². The zero-order chi connectivity index (χ0) is 21.0. The number of hydrogen-bond acceptors (Lipinski definition) is 5.